The van der Waals surface area contributed by atoms with Crippen molar-refractivity contribution in [1.82, 2.24) is 5.32 Å². The molecule has 6 nitrogen and oxygen atoms in total. The van der Waals surface area contributed by atoms with Crippen LogP contribution in [0.25, 0.3) is 0 Å². The molecule has 0 radical (unpaired) electrons. The molecule has 1 saturated heterocycles. The molecule has 1 heterocycles. The summed E-state index contributed by atoms with van der Waals surface area (Å²) in [4.78, 5) is 24.1. The highest BCUT2D eigenvalue weighted by Crippen LogP contribution is 2.23. The molecule has 2 rings (SSSR count). The molecule has 0 unspecified atom stereocenters. The standard InChI is InChI=1S/C14H13N3O3S2/c1-20-12(18)7-11-13(19)16-14(22-11)17-15-8-9-3-5-10(21-2)6-4-9/h3-8H,1-2H3,(H,16,17,19)/b11-7+,15-8?. The second-order valence-electron chi connectivity index (χ2n) is 4.01. The van der Waals surface area contributed by atoms with Crippen LogP contribution in [0.2, 0.25) is 0 Å². The van der Waals surface area contributed by atoms with Crippen molar-refractivity contribution in [1.29, 1.82) is 0 Å². The zero-order valence-corrected chi connectivity index (χ0v) is 13.5. The zero-order chi connectivity index (χ0) is 15.9. The van der Waals surface area contributed by atoms with Crippen molar-refractivity contribution in [3.8, 4) is 0 Å². The summed E-state index contributed by atoms with van der Waals surface area (Å²) in [5, 5.41) is 10.7. The monoisotopic (exact) mass is 335 g/mol. The molecule has 0 bridgehead atoms. The van der Waals surface area contributed by atoms with Crippen molar-refractivity contribution >= 4 is 46.8 Å². The molecule has 1 aliphatic heterocycles. The Morgan fingerprint density at radius 3 is 2.73 bits per heavy atom. The summed E-state index contributed by atoms with van der Waals surface area (Å²) in [5.41, 5.74) is 0.904. The average molecular weight is 335 g/mol. The fourth-order valence-electron chi connectivity index (χ4n) is 1.48. The highest BCUT2D eigenvalue weighted by Gasteiger charge is 2.24. The van der Waals surface area contributed by atoms with E-state index in [4.69, 9.17) is 0 Å². The van der Waals surface area contributed by atoms with Crippen LogP contribution in [-0.4, -0.2) is 36.6 Å². The second-order valence-corrected chi connectivity index (χ2v) is 5.92. The Kier molecular flexibility index (Phi) is 5.79. The normalized spacial score (nSPS) is 18.2. The van der Waals surface area contributed by atoms with Crippen molar-refractivity contribution in [2.24, 2.45) is 10.2 Å². The molecule has 0 saturated carbocycles. The molecule has 1 N–H and O–H groups in total. The topological polar surface area (TPSA) is 80.1 Å². The number of ether oxygens (including phenoxy) is 1. The van der Waals surface area contributed by atoms with E-state index in [1.807, 2.05) is 30.5 Å². The van der Waals surface area contributed by atoms with Crippen LogP contribution in [0, 0.1) is 0 Å². The maximum atomic E-state index is 11.6. The first-order valence-corrected chi connectivity index (χ1v) is 8.20. The number of benzene rings is 1. The molecule has 114 valence electrons. The molecule has 1 amide bonds. The van der Waals surface area contributed by atoms with Crippen LogP contribution >= 0.6 is 23.5 Å². The van der Waals surface area contributed by atoms with Gasteiger partial charge in [0.15, 0.2) is 5.17 Å². The second kappa shape index (κ2) is 7.81. The number of carbonyl (C=O) groups is 2. The Balaban J connectivity index is 2.01. The van der Waals surface area contributed by atoms with Gasteiger partial charge in [0.25, 0.3) is 5.91 Å². The van der Waals surface area contributed by atoms with Crippen molar-refractivity contribution < 1.29 is 14.3 Å². The lowest BCUT2D eigenvalue weighted by molar-refractivity contribution is -0.135. The number of carbonyl (C=O) groups excluding carboxylic acids is 2. The largest absolute Gasteiger partial charge is 0.466 e. The summed E-state index contributed by atoms with van der Waals surface area (Å²) in [7, 11) is 1.25. The van der Waals surface area contributed by atoms with E-state index in [1.165, 1.54) is 12.0 Å². The van der Waals surface area contributed by atoms with Crippen LogP contribution in [0.15, 0.2) is 50.3 Å². The van der Waals surface area contributed by atoms with E-state index in [9.17, 15) is 9.59 Å². The summed E-state index contributed by atoms with van der Waals surface area (Å²) in [5.74, 6) is -0.982. The Morgan fingerprint density at radius 2 is 2.09 bits per heavy atom. The number of hydrogen-bond donors (Lipinski definition) is 1. The van der Waals surface area contributed by atoms with Crippen molar-refractivity contribution in [3.05, 3.63) is 40.8 Å². The highest BCUT2D eigenvalue weighted by atomic mass is 32.2. The minimum atomic E-state index is -0.587. The lowest BCUT2D eigenvalue weighted by atomic mass is 10.2. The van der Waals surface area contributed by atoms with Gasteiger partial charge in [-0.1, -0.05) is 12.1 Å². The number of nitrogens with one attached hydrogen (secondary N) is 1. The summed E-state index contributed by atoms with van der Waals surface area (Å²) in [6.07, 6.45) is 4.72. The highest BCUT2D eigenvalue weighted by molar-refractivity contribution is 8.18. The smallest absolute Gasteiger partial charge is 0.331 e. The van der Waals surface area contributed by atoms with E-state index in [0.717, 1.165) is 23.4 Å². The quantitative estimate of drug-likeness (QED) is 0.299. The maximum absolute atomic E-state index is 11.6. The van der Waals surface area contributed by atoms with Gasteiger partial charge in [-0.25, -0.2) is 4.79 Å². The molecule has 1 fully saturated rings. The number of rotatable bonds is 4. The van der Waals surface area contributed by atoms with Gasteiger partial charge in [0.2, 0.25) is 0 Å². The number of thioether (sulfide) groups is 2. The summed E-state index contributed by atoms with van der Waals surface area (Å²) < 4.78 is 4.47. The first-order valence-electron chi connectivity index (χ1n) is 6.16. The molecule has 8 heteroatoms. The lowest BCUT2D eigenvalue weighted by Gasteiger charge is -1.95. The first-order chi connectivity index (χ1) is 10.6. The van der Waals surface area contributed by atoms with Gasteiger partial charge >= 0.3 is 5.97 Å². The summed E-state index contributed by atoms with van der Waals surface area (Å²) >= 11 is 2.70. The van der Waals surface area contributed by atoms with Gasteiger partial charge in [-0.15, -0.1) is 16.9 Å². The van der Waals surface area contributed by atoms with E-state index in [0.29, 0.717) is 5.17 Å². The summed E-state index contributed by atoms with van der Waals surface area (Å²) in [6, 6.07) is 7.84. The van der Waals surface area contributed by atoms with Crippen LogP contribution in [-0.2, 0) is 14.3 Å². The molecule has 0 aliphatic carbocycles. The third kappa shape index (κ3) is 4.47. The Bertz CT molecular complexity index is 666. The Labute approximate surface area is 136 Å². The lowest BCUT2D eigenvalue weighted by Crippen LogP contribution is -2.19. The van der Waals surface area contributed by atoms with E-state index >= 15 is 0 Å². The third-order valence-corrected chi connectivity index (χ3v) is 4.22. The minimum absolute atomic E-state index is 0.227. The summed E-state index contributed by atoms with van der Waals surface area (Å²) in [6.45, 7) is 0. The molecule has 1 aromatic carbocycles. The van der Waals surface area contributed by atoms with Crippen molar-refractivity contribution in [2.75, 3.05) is 13.4 Å². The van der Waals surface area contributed by atoms with Crippen molar-refractivity contribution in [2.45, 2.75) is 4.90 Å². The molecule has 1 aromatic rings. The predicted molar refractivity (Wildman–Crippen MR) is 89.1 cm³/mol. The average Bonchev–Trinajstić information content (AvgIpc) is 2.87. The van der Waals surface area contributed by atoms with Crippen LogP contribution in [0.3, 0.4) is 0 Å². The molecule has 0 atom stereocenters. The fraction of sp³-hybridized carbons (Fsp3) is 0.143. The molecule has 1 aliphatic rings. The van der Waals surface area contributed by atoms with Gasteiger partial charge < -0.3 is 4.74 Å². The molecular formula is C14H13N3O3S2. The van der Waals surface area contributed by atoms with Crippen LogP contribution in [0.5, 0.6) is 0 Å². The molecule has 0 aromatic heterocycles. The van der Waals surface area contributed by atoms with Gasteiger partial charge in [-0.05, 0) is 35.7 Å². The van der Waals surface area contributed by atoms with Gasteiger partial charge in [0, 0.05) is 11.0 Å². The van der Waals surface area contributed by atoms with Crippen molar-refractivity contribution in [3.63, 3.8) is 0 Å². The number of hydrogen-bond acceptors (Lipinski definition) is 7. The Morgan fingerprint density at radius 1 is 1.36 bits per heavy atom. The van der Waals surface area contributed by atoms with E-state index in [2.05, 4.69) is 20.3 Å². The predicted octanol–water partition coefficient (Wildman–Crippen LogP) is 2.02. The van der Waals surface area contributed by atoms with E-state index < -0.39 is 11.9 Å². The third-order valence-electron chi connectivity index (χ3n) is 2.57. The molecule has 22 heavy (non-hydrogen) atoms. The van der Waals surface area contributed by atoms with Crippen LogP contribution in [0.4, 0.5) is 0 Å². The molecular weight excluding hydrogens is 322 g/mol. The molecule has 0 spiro atoms. The first kappa shape index (κ1) is 16.3. The van der Waals surface area contributed by atoms with Gasteiger partial charge in [0.05, 0.1) is 18.2 Å². The number of amidine groups is 1. The maximum Gasteiger partial charge on any atom is 0.331 e. The SMILES string of the molecule is COC(=O)/C=C1/S/C(=N\N=Cc2ccc(SC)cc2)NC1=O. The fourth-order valence-corrected chi connectivity index (χ4v) is 2.63. The zero-order valence-electron chi connectivity index (χ0n) is 11.9. The number of methoxy groups -OCH3 is 1. The number of amides is 1. The number of nitrogens with zero attached hydrogens (tertiary/aromatic N) is 2. The van der Waals surface area contributed by atoms with E-state index in [-0.39, 0.29) is 4.91 Å². The number of esters is 1. The van der Waals surface area contributed by atoms with Crippen LogP contribution in [0.1, 0.15) is 5.56 Å². The van der Waals surface area contributed by atoms with E-state index in [1.54, 1.807) is 18.0 Å². The van der Waals surface area contributed by atoms with Gasteiger partial charge in [-0.2, -0.15) is 5.10 Å². The minimum Gasteiger partial charge on any atom is -0.466 e. The van der Waals surface area contributed by atoms with Gasteiger partial charge in [-0.3, -0.25) is 10.1 Å². The Hall–Kier alpha value is -2.06. The van der Waals surface area contributed by atoms with Crippen LogP contribution < -0.4 is 5.32 Å². The van der Waals surface area contributed by atoms with Gasteiger partial charge in [0.1, 0.15) is 0 Å².